The maximum Gasteiger partial charge on any atom is 0.196 e. The summed E-state index contributed by atoms with van der Waals surface area (Å²) in [5.74, 6) is 2.39. The van der Waals surface area contributed by atoms with E-state index in [0.717, 1.165) is 71.0 Å². The molecule has 1 fully saturated rings. The third-order valence-electron chi connectivity index (χ3n) is 5.58. The molecule has 2 aromatic carbocycles. The van der Waals surface area contributed by atoms with Crippen molar-refractivity contribution >= 4 is 33.6 Å². The van der Waals surface area contributed by atoms with Crippen LogP contribution in [0.25, 0.3) is 22.1 Å². The minimum Gasteiger partial charge on any atom is -0.497 e. The second-order valence-corrected chi connectivity index (χ2v) is 7.50. The Morgan fingerprint density at radius 3 is 2.67 bits per heavy atom. The highest BCUT2D eigenvalue weighted by Crippen LogP contribution is 2.34. The fourth-order valence-electron chi connectivity index (χ4n) is 4.15. The molecule has 0 bridgehead atoms. The molecule has 2 aromatic heterocycles. The third kappa shape index (κ3) is 3.36. The van der Waals surface area contributed by atoms with Crippen LogP contribution < -0.4 is 19.7 Å². The quantitative estimate of drug-likeness (QED) is 0.526. The molecule has 0 saturated carbocycles. The lowest BCUT2D eigenvalue weighted by Crippen LogP contribution is -2.42. The van der Waals surface area contributed by atoms with Crippen LogP contribution in [0.5, 0.6) is 11.5 Å². The van der Waals surface area contributed by atoms with Gasteiger partial charge in [0, 0.05) is 48.4 Å². The molecule has 1 N–H and O–H groups in total. The fraction of sp³-hybridized carbons (Fsp3) is 0.304. The molecule has 0 radical (unpaired) electrons. The first-order valence-corrected chi connectivity index (χ1v) is 10.1. The van der Waals surface area contributed by atoms with E-state index in [4.69, 9.17) is 13.9 Å². The Morgan fingerprint density at radius 1 is 1.07 bits per heavy atom. The van der Waals surface area contributed by atoms with Crippen molar-refractivity contribution in [2.75, 3.05) is 37.5 Å². The Morgan fingerprint density at radius 2 is 1.87 bits per heavy atom. The summed E-state index contributed by atoms with van der Waals surface area (Å²) in [4.78, 5) is 11.3. The summed E-state index contributed by atoms with van der Waals surface area (Å²) >= 11 is 0. The largest absolute Gasteiger partial charge is 0.497 e. The van der Waals surface area contributed by atoms with Gasteiger partial charge in [-0.15, -0.1) is 0 Å². The Hall–Kier alpha value is -3.48. The molecular formula is C23H24N4O3. The van der Waals surface area contributed by atoms with Crippen molar-refractivity contribution in [3.8, 4) is 11.5 Å². The predicted molar refractivity (Wildman–Crippen MR) is 118 cm³/mol. The van der Waals surface area contributed by atoms with Gasteiger partial charge < -0.3 is 24.1 Å². The molecule has 1 aliphatic rings. The molecule has 4 aromatic rings. The van der Waals surface area contributed by atoms with E-state index in [-0.39, 0.29) is 6.04 Å². The number of furan rings is 1. The normalized spacial score (nSPS) is 16.7. The number of hydrogen-bond acceptors (Lipinski definition) is 7. The molecule has 1 unspecified atom stereocenters. The van der Waals surface area contributed by atoms with Crippen molar-refractivity contribution in [3.05, 3.63) is 48.8 Å². The van der Waals surface area contributed by atoms with Gasteiger partial charge >= 0.3 is 0 Å². The van der Waals surface area contributed by atoms with E-state index in [1.54, 1.807) is 20.5 Å². The van der Waals surface area contributed by atoms with Gasteiger partial charge in [0.05, 0.1) is 14.2 Å². The van der Waals surface area contributed by atoms with Gasteiger partial charge in [0.1, 0.15) is 28.9 Å². The fourth-order valence-corrected chi connectivity index (χ4v) is 4.15. The minimum atomic E-state index is 0.268. The molecule has 7 nitrogen and oxygen atoms in total. The predicted octanol–water partition coefficient (Wildman–Crippen LogP) is 4.47. The Bertz CT molecular complexity index is 1170. The summed E-state index contributed by atoms with van der Waals surface area (Å²) in [6.45, 7) is 1.76. The SMILES string of the molecule is COc1cc(NC2CCCN(c3ncnc4c3oc3ccccc34)C2)cc(OC)c1. The number of fused-ring (bicyclic) bond motifs is 3. The van der Waals surface area contributed by atoms with Crippen LogP contribution in [0.4, 0.5) is 11.5 Å². The van der Waals surface area contributed by atoms with E-state index in [1.807, 2.05) is 42.5 Å². The van der Waals surface area contributed by atoms with Crippen molar-refractivity contribution in [2.24, 2.45) is 0 Å². The number of para-hydroxylation sites is 1. The maximum absolute atomic E-state index is 6.13. The van der Waals surface area contributed by atoms with Crippen LogP contribution in [0, 0.1) is 0 Å². The number of ether oxygens (including phenoxy) is 2. The molecular weight excluding hydrogens is 380 g/mol. The second-order valence-electron chi connectivity index (χ2n) is 7.50. The summed E-state index contributed by atoms with van der Waals surface area (Å²) in [7, 11) is 3.32. The monoisotopic (exact) mass is 404 g/mol. The summed E-state index contributed by atoms with van der Waals surface area (Å²) in [5.41, 5.74) is 3.43. The van der Waals surface area contributed by atoms with Crippen LogP contribution in [0.1, 0.15) is 12.8 Å². The van der Waals surface area contributed by atoms with E-state index in [0.29, 0.717) is 0 Å². The van der Waals surface area contributed by atoms with Gasteiger partial charge in [-0.05, 0) is 25.0 Å². The molecule has 3 heterocycles. The number of nitrogens with zero attached hydrogens (tertiary/aromatic N) is 3. The average molecular weight is 404 g/mol. The topological polar surface area (TPSA) is 72.7 Å². The summed E-state index contributed by atoms with van der Waals surface area (Å²) in [5, 5.41) is 4.65. The summed E-state index contributed by atoms with van der Waals surface area (Å²) < 4.78 is 16.9. The molecule has 30 heavy (non-hydrogen) atoms. The highest BCUT2D eigenvalue weighted by molar-refractivity contribution is 6.05. The van der Waals surface area contributed by atoms with Gasteiger partial charge in [0.2, 0.25) is 0 Å². The number of benzene rings is 2. The molecule has 1 atom stereocenters. The van der Waals surface area contributed by atoms with Crippen molar-refractivity contribution in [2.45, 2.75) is 18.9 Å². The van der Waals surface area contributed by atoms with Crippen LogP contribution >= 0.6 is 0 Å². The zero-order valence-corrected chi connectivity index (χ0v) is 17.1. The van der Waals surface area contributed by atoms with Gasteiger partial charge in [0.15, 0.2) is 11.4 Å². The van der Waals surface area contributed by atoms with Gasteiger partial charge in [-0.3, -0.25) is 0 Å². The molecule has 1 saturated heterocycles. The number of hydrogen-bond donors (Lipinski definition) is 1. The van der Waals surface area contributed by atoms with Crippen LogP contribution in [0.2, 0.25) is 0 Å². The smallest absolute Gasteiger partial charge is 0.196 e. The summed E-state index contributed by atoms with van der Waals surface area (Å²) in [6.07, 6.45) is 3.76. The van der Waals surface area contributed by atoms with Crippen molar-refractivity contribution in [1.82, 2.24) is 9.97 Å². The Kier molecular flexibility index (Phi) is 4.78. The maximum atomic E-state index is 6.13. The van der Waals surface area contributed by atoms with Gasteiger partial charge in [-0.1, -0.05) is 12.1 Å². The first kappa shape index (κ1) is 18.5. The molecule has 154 valence electrons. The van der Waals surface area contributed by atoms with Gasteiger partial charge in [0.25, 0.3) is 0 Å². The first-order valence-electron chi connectivity index (χ1n) is 10.1. The minimum absolute atomic E-state index is 0.268. The summed E-state index contributed by atoms with van der Waals surface area (Å²) in [6, 6.07) is 14.1. The standard InChI is InChI=1S/C23H24N4O3/c1-28-17-10-16(11-18(12-17)29-2)26-15-6-5-9-27(13-15)23-22-21(24-14-25-23)19-7-3-4-8-20(19)30-22/h3-4,7-8,10-12,14-15,26H,5-6,9,13H2,1-2H3. The van der Waals surface area contributed by atoms with E-state index in [9.17, 15) is 0 Å². The van der Waals surface area contributed by atoms with Crippen molar-refractivity contribution in [1.29, 1.82) is 0 Å². The number of anilines is 2. The van der Waals surface area contributed by atoms with Crippen molar-refractivity contribution in [3.63, 3.8) is 0 Å². The van der Waals surface area contributed by atoms with Gasteiger partial charge in [-0.25, -0.2) is 9.97 Å². The van der Waals surface area contributed by atoms with E-state index in [2.05, 4.69) is 20.2 Å². The highest BCUT2D eigenvalue weighted by Gasteiger charge is 2.25. The first-order chi connectivity index (χ1) is 14.7. The van der Waals surface area contributed by atoms with Crippen LogP contribution in [-0.2, 0) is 0 Å². The molecule has 1 aliphatic heterocycles. The third-order valence-corrected chi connectivity index (χ3v) is 5.58. The molecule has 0 spiro atoms. The van der Waals surface area contributed by atoms with E-state index < -0.39 is 0 Å². The number of methoxy groups -OCH3 is 2. The van der Waals surface area contributed by atoms with Gasteiger partial charge in [-0.2, -0.15) is 0 Å². The zero-order chi connectivity index (χ0) is 20.5. The molecule has 7 heteroatoms. The number of nitrogens with one attached hydrogen (secondary N) is 1. The van der Waals surface area contributed by atoms with E-state index >= 15 is 0 Å². The second kappa shape index (κ2) is 7.74. The molecule has 5 rings (SSSR count). The molecule has 0 aliphatic carbocycles. The highest BCUT2D eigenvalue weighted by atomic mass is 16.5. The number of piperidine rings is 1. The van der Waals surface area contributed by atoms with E-state index in [1.165, 1.54) is 0 Å². The average Bonchev–Trinajstić information content (AvgIpc) is 3.18. The number of rotatable bonds is 5. The van der Waals surface area contributed by atoms with Crippen molar-refractivity contribution < 1.29 is 13.9 Å². The zero-order valence-electron chi connectivity index (χ0n) is 17.1. The lowest BCUT2D eigenvalue weighted by atomic mass is 10.0. The van der Waals surface area contributed by atoms with Crippen LogP contribution in [0.15, 0.2) is 53.2 Å². The Balaban J connectivity index is 1.42. The van der Waals surface area contributed by atoms with Crippen LogP contribution in [-0.4, -0.2) is 43.3 Å². The Labute approximate surface area is 174 Å². The molecule has 0 amide bonds. The lowest BCUT2D eigenvalue weighted by molar-refractivity contribution is 0.394. The van der Waals surface area contributed by atoms with Crippen LogP contribution in [0.3, 0.4) is 0 Å². The lowest BCUT2D eigenvalue weighted by Gasteiger charge is -2.34. The number of aromatic nitrogens is 2.